The molecule has 1 aliphatic heterocycles. The molecule has 1 fully saturated rings. The molecule has 0 saturated carbocycles. The summed E-state index contributed by atoms with van der Waals surface area (Å²) in [5, 5.41) is 12.9. The average Bonchev–Trinajstić information content (AvgIpc) is 1.96. The van der Waals surface area contributed by atoms with Gasteiger partial charge < -0.3 is 10.4 Å². The van der Waals surface area contributed by atoms with Gasteiger partial charge in [0.05, 0.1) is 0 Å². The van der Waals surface area contributed by atoms with Crippen LogP contribution in [-0.2, 0) is 0 Å². The van der Waals surface area contributed by atoms with Gasteiger partial charge in [0.15, 0.2) is 0 Å². The van der Waals surface area contributed by atoms with Crippen molar-refractivity contribution in [3.63, 3.8) is 0 Å². The highest BCUT2D eigenvalue weighted by atomic mass is 35.5. The van der Waals surface area contributed by atoms with Crippen LogP contribution in [0.25, 0.3) is 0 Å². The van der Waals surface area contributed by atoms with E-state index in [-0.39, 0.29) is 12.4 Å². The molecule has 78 valence electrons. The quantitative estimate of drug-likeness (QED) is 0.751. The van der Waals surface area contributed by atoms with E-state index in [4.69, 9.17) is 0 Å². The number of hydrogen-bond donors (Lipinski definition) is 2. The van der Waals surface area contributed by atoms with Crippen LogP contribution < -0.4 is 5.32 Å². The Hall–Kier alpha value is -0.730. The van der Waals surface area contributed by atoms with Gasteiger partial charge in [-0.2, -0.15) is 0 Å². The second-order valence-corrected chi connectivity index (χ2v) is 3.80. The van der Waals surface area contributed by atoms with Gasteiger partial charge >= 0.3 is 0 Å². The molecule has 0 aromatic heterocycles. The Labute approximate surface area is 90.7 Å². The molecule has 1 aromatic rings. The van der Waals surface area contributed by atoms with Gasteiger partial charge in [0, 0.05) is 6.04 Å². The molecule has 2 N–H and O–H groups in total. The first-order valence-electron chi connectivity index (χ1n) is 4.72. The number of hydrogen-bond acceptors (Lipinski definition) is 2. The van der Waals surface area contributed by atoms with E-state index in [2.05, 4.69) is 17.4 Å². The fourth-order valence-corrected chi connectivity index (χ4v) is 1.76. The maximum Gasteiger partial charge on any atom is 0.121 e. The third-order valence-electron chi connectivity index (χ3n) is 2.74. The van der Waals surface area contributed by atoms with E-state index in [0.29, 0.717) is 11.8 Å². The molecule has 0 radical (unpaired) electrons. The third kappa shape index (κ3) is 1.86. The molecule has 2 nitrogen and oxygen atoms in total. The first-order valence-corrected chi connectivity index (χ1v) is 4.72. The molecular weight excluding hydrogens is 198 g/mol. The van der Waals surface area contributed by atoms with Crippen molar-refractivity contribution in [2.24, 2.45) is 0 Å². The van der Waals surface area contributed by atoms with Gasteiger partial charge in [-0.3, -0.25) is 0 Å². The minimum Gasteiger partial charge on any atom is -0.507 e. The van der Waals surface area contributed by atoms with E-state index in [0.717, 1.165) is 17.7 Å². The number of phenolic OH excluding ortho intramolecular Hbond substituents is 1. The molecule has 3 heteroatoms. The third-order valence-corrected chi connectivity index (χ3v) is 2.74. The van der Waals surface area contributed by atoms with E-state index < -0.39 is 0 Å². The molecule has 2 rings (SSSR count). The van der Waals surface area contributed by atoms with Crippen molar-refractivity contribution in [1.82, 2.24) is 5.32 Å². The molecule has 0 aliphatic carbocycles. The summed E-state index contributed by atoms with van der Waals surface area (Å²) >= 11 is 0. The zero-order chi connectivity index (χ0) is 9.42. The van der Waals surface area contributed by atoms with Crippen LogP contribution >= 0.6 is 12.4 Å². The molecule has 1 saturated heterocycles. The summed E-state index contributed by atoms with van der Waals surface area (Å²) in [6, 6.07) is 4.65. The molecule has 1 atom stereocenters. The minimum atomic E-state index is 0. The Kier molecular flexibility index (Phi) is 3.40. The highest BCUT2D eigenvalue weighted by molar-refractivity contribution is 5.85. The zero-order valence-corrected chi connectivity index (χ0v) is 9.32. The van der Waals surface area contributed by atoms with Crippen LogP contribution in [0.1, 0.15) is 29.2 Å². The lowest BCUT2D eigenvalue weighted by Gasteiger charge is -2.28. The standard InChI is InChI=1S/C11H15NO.ClH/c1-7-5-9(10-3-4-12-10)6-8(2)11(7)13;/h5-6,10,12-13H,3-4H2,1-2H3;1H/t10-;/m1./s1. The fraction of sp³-hybridized carbons (Fsp3) is 0.455. The predicted octanol–water partition coefficient (Wildman–Crippen LogP) is 2.47. The van der Waals surface area contributed by atoms with Crippen molar-refractivity contribution >= 4 is 12.4 Å². The Morgan fingerprint density at radius 3 is 2.14 bits per heavy atom. The van der Waals surface area contributed by atoms with E-state index in [1.54, 1.807) is 0 Å². The zero-order valence-electron chi connectivity index (χ0n) is 8.50. The van der Waals surface area contributed by atoms with Crippen molar-refractivity contribution in [2.45, 2.75) is 26.3 Å². The lowest BCUT2D eigenvalue weighted by atomic mass is 9.94. The van der Waals surface area contributed by atoms with Gasteiger partial charge in [-0.05, 0) is 43.5 Å². The van der Waals surface area contributed by atoms with E-state index >= 15 is 0 Å². The smallest absolute Gasteiger partial charge is 0.121 e. The van der Waals surface area contributed by atoms with Gasteiger partial charge in [-0.15, -0.1) is 12.4 Å². The molecule has 14 heavy (non-hydrogen) atoms. The molecule has 0 bridgehead atoms. The average molecular weight is 214 g/mol. The highest BCUT2D eigenvalue weighted by Crippen LogP contribution is 2.29. The fourth-order valence-electron chi connectivity index (χ4n) is 1.76. The minimum absolute atomic E-state index is 0. The second-order valence-electron chi connectivity index (χ2n) is 3.80. The van der Waals surface area contributed by atoms with Gasteiger partial charge in [-0.25, -0.2) is 0 Å². The molecular formula is C11H16ClNO. The second kappa shape index (κ2) is 4.20. The van der Waals surface area contributed by atoms with Crippen molar-refractivity contribution in [3.8, 4) is 5.75 Å². The summed E-state index contributed by atoms with van der Waals surface area (Å²) in [6.07, 6.45) is 1.21. The first-order chi connectivity index (χ1) is 6.18. The number of rotatable bonds is 1. The molecule has 1 heterocycles. The van der Waals surface area contributed by atoms with Crippen LogP contribution in [0.4, 0.5) is 0 Å². The molecule has 0 spiro atoms. The summed E-state index contributed by atoms with van der Waals surface area (Å²) in [7, 11) is 0. The number of aromatic hydroxyl groups is 1. The summed E-state index contributed by atoms with van der Waals surface area (Å²) in [5.74, 6) is 0.433. The topological polar surface area (TPSA) is 32.3 Å². The normalized spacial score (nSPS) is 19.7. The number of nitrogens with one attached hydrogen (secondary N) is 1. The van der Waals surface area contributed by atoms with Crippen LogP contribution in [0.2, 0.25) is 0 Å². The van der Waals surface area contributed by atoms with Crippen LogP contribution in [-0.4, -0.2) is 11.7 Å². The van der Waals surface area contributed by atoms with Crippen molar-refractivity contribution in [3.05, 3.63) is 28.8 Å². The summed E-state index contributed by atoms with van der Waals surface area (Å²) in [4.78, 5) is 0. The Morgan fingerprint density at radius 2 is 1.79 bits per heavy atom. The van der Waals surface area contributed by atoms with Crippen LogP contribution in [0, 0.1) is 13.8 Å². The Morgan fingerprint density at radius 1 is 1.29 bits per heavy atom. The van der Waals surface area contributed by atoms with E-state index in [9.17, 15) is 5.11 Å². The number of phenols is 1. The number of halogens is 1. The highest BCUT2D eigenvalue weighted by Gasteiger charge is 2.19. The maximum atomic E-state index is 9.58. The van der Waals surface area contributed by atoms with Gasteiger partial charge in [-0.1, -0.05) is 12.1 Å². The Bertz CT molecular complexity index is 311. The molecule has 1 aliphatic rings. The molecule has 0 unspecified atom stereocenters. The van der Waals surface area contributed by atoms with E-state index in [1.165, 1.54) is 12.0 Å². The largest absolute Gasteiger partial charge is 0.507 e. The number of aryl methyl sites for hydroxylation is 2. The maximum absolute atomic E-state index is 9.58. The van der Waals surface area contributed by atoms with Crippen molar-refractivity contribution in [1.29, 1.82) is 0 Å². The van der Waals surface area contributed by atoms with Gasteiger partial charge in [0.25, 0.3) is 0 Å². The monoisotopic (exact) mass is 213 g/mol. The summed E-state index contributed by atoms with van der Waals surface area (Å²) in [5.41, 5.74) is 3.26. The van der Waals surface area contributed by atoms with Crippen molar-refractivity contribution in [2.75, 3.05) is 6.54 Å². The first kappa shape index (κ1) is 11.3. The predicted molar refractivity (Wildman–Crippen MR) is 60.2 cm³/mol. The van der Waals surface area contributed by atoms with Crippen molar-refractivity contribution < 1.29 is 5.11 Å². The molecule has 0 amide bonds. The van der Waals surface area contributed by atoms with Crippen LogP contribution in [0.3, 0.4) is 0 Å². The van der Waals surface area contributed by atoms with Gasteiger partial charge in [0.2, 0.25) is 0 Å². The van der Waals surface area contributed by atoms with Gasteiger partial charge in [0.1, 0.15) is 5.75 Å². The summed E-state index contributed by atoms with van der Waals surface area (Å²) in [6.45, 7) is 5.01. The van der Waals surface area contributed by atoms with Crippen LogP contribution in [0.15, 0.2) is 12.1 Å². The number of benzene rings is 1. The SMILES string of the molecule is Cc1cc([C@H]2CCN2)cc(C)c1O.Cl. The summed E-state index contributed by atoms with van der Waals surface area (Å²) < 4.78 is 0. The van der Waals surface area contributed by atoms with Crippen LogP contribution in [0.5, 0.6) is 5.75 Å². The van der Waals surface area contributed by atoms with E-state index in [1.807, 2.05) is 13.8 Å². The lowest BCUT2D eigenvalue weighted by Crippen LogP contribution is -2.34. The molecule has 1 aromatic carbocycles. The Balaban J connectivity index is 0.000000980. The lowest BCUT2D eigenvalue weighted by molar-refractivity contribution is 0.382.